The molecular formula is C18H29O3P. The molecule has 22 heavy (non-hydrogen) atoms. The highest BCUT2D eigenvalue weighted by Crippen LogP contribution is 2.62. The second kappa shape index (κ2) is 6.86. The fourth-order valence-electron chi connectivity index (χ4n) is 3.10. The third-order valence-corrected chi connectivity index (χ3v) is 8.20. The van der Waals surface area contributed by atoms with Gasteiger partial charge in [0.1, 0.15) is 11.7 Å². The van der Waals surface area contributed by atoms with Gasteiger partial charge in [-0.2, -0.15) is 0 Å². The summed E-state index contributed by atoms with van der Waals surface area (Å²) in [5.41, 5.74) is 0. The van der Waals surface area contributed by atoms with Gasteiger partial charge in [0.2, 0.25) is 0 Å². The van der Waals surface area contributed by atoms with Crippen LogP contribution in [0.4, 0.5) is 0 Å². The van der Waals surface area contributed by atoms with Crippen molar-refractivity contribution in [2.45, 2.75) is 59.5 Å². The highest BCUT2D eigenvalue weighted by Gasteiger charge is 2.52. The highest BCUT2D eigenvalue weighted by atomic mass is 31.2. The molecule has 1 saturated heterocycles. The quantitative estimate of drug-likeness (QED) is 0.755. The molecule has 1 fully saturated rings. The molecule has 1 aromatic carbocycles. The largest absolute Gasteiger partial charge is 0.341 e. The van der Waals surface area contributed by atoms with Gasteiger partial charge in [-0.1, -0.05) is 71.9 Å². The lowest BCUT2D eigenvalue weighted by Gasteiger charge is -2.46. The number of hydrogen-bond donors (Lipinski definition) is 0. The molecule has 1 aliphatic rings. The third-order valence-electron chi connectivity index (χ3n) is 4.15. The first kappa shape index (κ1) is 17.7. The van der Waals surface area contributed by atoms with Gasteiger partial charge in [-0.05, 0) is 11.8 Å². The first-order valence-electron chi connectivity index (χ1n) is 8.24. The van der Waals surface area contributed by atoms with Crippen molar-refractivity contribution < 1.29 is 14.0 Å². The predicted molar refractivity (Wildman–Crippen MR) is 91.7 cm³/mol. The normalized spacial score (nSPS) is 32.9. The Morgan fingerprint density at radius 2 is 1.27 bits per heavy atom. The molecule has 0 bridgehead atoms. The molecule has 1 heterocycles. The average Bonchev–Trinajstić information content (AvgIpc) is 2.47. The Morgan fingerprint density at radius 3 is 1.64 bits per heavy atom. The van der Waals surface area contributed by atoms with E-state index in [0.717, 1.165) is 5.30 Å². The summed E-state index contributed by atoms with van der Waals surface area (Å²) < 4.78 is 26.4. The van der Waals surface area contributed by atoms with Crippen molar-refractivity contribution in [3.8, 4) is 0 Å². The lowest BCUT2D eigenvalue weighted by Crippen LogP contribution is -2.47. The van der Waals surface area contributed by atoms with E-state index < -0.39 is 7.14 Å². The maximum Gasteiger partial charge on any atom is 0.170 e. The molecule has 0 aromatic heterocycles. The van der Waals surface area contributed by atoms with Gasteiger partial charge in [0.15, 0.2) is 13.4 Å². The van der Waals surface area contributed by atoms with E-state index in [2.05, 4.69) is 41.5 Å². The third kappa shape index (κ3) is 3.18. The molecule has 2 unspecified atom stereocenters. The van der Waals surface area contributed by atoms with Crippen molar-refractivity contribution in [2.75, 3.05) is 0 Å². The molecule has 2 atom stereocenters. The van der Waals surface area contributed by atoms with Gasteiger partial charge in [0, 0.05) is 11.2 Å². The van der Waals surface area contributed by atoms with Crippen LogP contribution in [0.25, 0.3) is 0 Å². The van der Waals surface area contributed by atoms with E-state index >= 15 is 0 Å². The van der Waals surface area contributed by atoms with Crippen LogP contribution in [0.15, 0.2) is 30.3 Å². The monoisotopic (exact) mass is 324 g/mol. The van der Waals surface area contributed by atoms with Crippen molar-refractivity contribution >= 4 is 12.4 Å². The van der Waals surface area contributed by atoms with Crippen LogP contribution in [0, 0.1) is 17.8 Å². The predicted octanol–water partition coefficient (Wildman–Crippen LogP) is 4.67. The van der Waals surface area contributed by atoms with E-state index in [-0.39, 0.29) is 35.7 Å². The molecule has 0 aliphatic carbocycles. The molecule has 1 aliphatic heterocycles. The van der Waals surface area contributed by atoms with Crippen molar-refractivity contribution in [3.63, 3.8) is 0 Å². The summed E-state index contributed by atoms with van der Waals surface area (Å²) in [6, 6.07) is 9.74. The Bertz CT molecular complexity index is 502. The standard InChI is InChI=1S/C18H29O3P/c1-12(2)16-20-17(13(3)4)22(19,18(21-16)14(5)6)15-10-8-7-9-11-15/h7-14,16-18H,1-6H3. The fraction of sp³-hybridized carbons (Fsp3) is 0.667. The van der Waals surface area contributed by atoms with Crippen LogP contribution >= 0.6 is 7.14 Å². The van der Waals surface area contributed by atoms with Crippen LogP contribution in [-0.2, 0) is 14.0 Å². The van der Waals surface area contributed by atoms with Gasteiger partial charge in [-0.15, -0.1) is 0 Å². The van der Waals surface area contributed by atoms with Crippen molar-refractivity contribution in [3.05, 3.63) is 30.3 Å². The van der Waals surface area contributed by atoms with Gasteiger partial charge in [0.25, 0.3) is 0 Å². The van der Waals surface area contributed by atoms with Crippen LogP contribution in [0.1, 0.15) is 41.5 Å². The summed E-state index contributed by atoms with van der Waals surface area (Å²) in [6.45, 7) is 12.5. The molecule has 0 saturated carbocycles. The molecule has 0 amide bonds. The smallest absolute Gasteiger partial charge is 0.170 e. The minimum Gasteiger partial charge on any atom is -0.341 e. The van der Waals surface area contributed by atoms with Crippen LogP contribution in [0.2, 0.25) is 0 Å². The van der Waals surface area contributed by atoms with Gasteiger partial charge in [0.05, 0.1) is 0 Å². The van der Waals surface area contributed by atoms with Crippen molar-refractivity contribution in [2.24, 2.45) is 17.8 Å². The second-order valence-corrected chi connectivity index (χ2v) is 10.2. The minimum absolute atomic E-state index is 0.178. The Kier molecular flexibility index (Phi) is 5.53. The average molecular weight is 324 g/mol. The SMILES string of the molecule is CC(C)C1OC(C(C)C)P(=O)(c2ccccc2)C(C(C)C)O1. The first-order valence-corrected chi connectivity index (χ1v) is 10.1. The summed E-state index contributed by atoms with van der Waals surface area (Å²) in [7, 11) is -2.82. The van der Waals surface area contributed by atoms with E-state index in [9.17, 15) is 4.57 Å². The molecular weight excluding hydrogens is 295 g/mol. The Balaban J connectivity index is 2.53. The van der Waals surface area contributed by atoms with Gasteiger partial charge in [-0.3, -0.25) is 0 Å². The summed E-state index contributed by atoms with van der Waals surface area (Å²) >= 11 is 0. The fourth-order valence-corrected chi connectivity index (χ4v) is 6.99. The second-order valence-electron chi connectivity index (χ2n) is 7.20. The number of benzene rings is 1. The molecule has 0 spiro atoms. The Hall–Kier alpha value is -0.630. The van der Waals surface area contributed by atoms with Crippen LogP contribution < -0.4 is 5.30 Å². The molecule has 124 valence electrons. The van der Waals surface area contributed by atoms with E-state index in [4.69, 9.17) is 9.47 Å². The van der Waals surface area contributed by atoms with E-state index in [1.807, 2.05) is 30.3 Å². The highest BCUT2D eigenvalue weighted by molar-refractivity contribution is 7.72. The zero-order valence-corrected chi connectivity index (χ0v) is 15.4. The zero-order valence-electron chi connectivity index (χ0n) is 14.5. The summed E-state index contributed by atoms with van der Waals surface area (Å²) in [6.07, 6.45) is -0.286. The maximum absolute atomic E-state index is 14.1. The van der Waals surface area contributed by atoms with E-state index in [1.165, 1.54) is 0 Å². The lowest BCUT2D eigenvalue weighted by atomic mass is 10.2. The molecule has 0 N–H and O–H groups in total. The summed E-state index contributed by atoms with van der Waals surface area (Å²) in [4.78, 5) is 0. The summed E-state index contributed by atoms with van der Waals surface area (Å²) in [5, 5.41) is 0.870. The van der Waals surface area contributed by atoms with Crippen molar-refractivity contribution in [1.82, 2.24) is 0 Å². The van der Waals surface area contributed by atoms with Gasteiger partial charge >= 0.3 is 0 Å². The van der Waals surface area contributed by atoms with Gasteiger partial charge < -0.3 is 14.0 Å². The maximum atomic E-state index is 14.1. The van der Waals surface area contributed by atoms with E-state index in [0.29, 0.717) is 0 Å². The minimum atomic E-state index is -2.82. The van der Waals surface area contributed by atoms with Crippen molar-refractivity contribution in [1.29, 1.82) is 0 Å². The van der Waals surface area contributed by atoms with Gasteiger partial charge in [-0.25, -0.2) is 0 Å². The first-order chi connectivity index (χ1) is 10.3. The number of rotatable bonds is 4. The van der Waals surface area contributed by atoms with Crippen LogP contribution in [-0.4, -0.2) is 18.0 Å². The van der Waals surface area contributed by atoms with Crippen LogP contribution in [0.3, 0.4) is 0 Å². The lowest BCUT2D eigenvalue weighted by molar-refractivity contribution is -0.214. The molecule has 1 aromatic rings. The molecule has 0 radical (unpaired) electrons. The number of hydrogen-bond acceptors (Lipinski definition) is 3. The summed E-state index contributed by atoms with van der Waals surface area (Å²) in [5.74, 6) is 0.0220. The Morgan fingerprint density at radius 1 is 0.818 bits per heavy atom. The molecule has 4 heteroatoms. The number of ether oxygens (including phenoxy) is 2. The molecule has 3 nitrogen and oxygen atoms in total. The van der Waals surface area contributed by atoms with E-state index in [1.54, 1.807) is 0 Å². The zero-order chi connectivity index (χ0) is 16.5. The van der Waals surface area contributed by atoms with Crippen LogP contribution in [0.5, 0.6) is 0 Å². The topological polar surface area (TPSA) is 35.5 Å². The Labute approximate surface area is 134 Å². The molecule has 2 rings (SSSR count).